The van der Waals surface area contributed by atoms with Crippen molar-refractivity contribution in [2.75, 3.05) is 13.1 Å². The zero-order valence-electron chi connectivity index (χ0n) is 13.2. The fourth-order valence-corrected chi connectivity index (χ4v) is 2.78. The molecule has 0 saturated carbocycles. The number of aromatic nitrogens is 2. The molecule has 1 fully saturated rings. The van der Waals surface area contributed by atoms with E-state index in [-0.39, 0.29) is 42.5 Å². The summed E-state index contributed by atoms with van der Waals surface area (Å²) in [5.74, 6) is 0.289. The van der Waals surface area contributed by atoms with E-state index in [2.05, 4.69) is 15.6 Å². The van der Waals surface area contributed by atoms with Crippen molar-refractivity contribution in [2.24, 2.45) is 13.0 Å². The molecule has 8 heteroatoms. The van der Waals surface area contributed by atoms with E-state index in [4.69, 9.17) is 0 Å². The van der Waals surface area contributed by atoms with Gasteiger partial charge in [0.1, 0.15) is 17.7 Å². The van der Waals surface area contributed by atoms with Gasteiger partial charge in [0.25, 0.3) is 0 Å². The Balaban J connectivity index is 0.00000144. The van der Waals surface area contributed by atoms with Crippen LogP contribution in [0.4, 0.5) is 4.39 Å². The first-order valence-electron chi connectivity index (χ1n) is 7.39. The Morgan fingerprint density at radius 1 is 1.46 bits per heavy atom. The van der Waals surface area contributed by atoms with E-state index in [1.807, 2.05) is 17.8 Å². The average Bonchev–Trinajstić information content (AvgIpc) is 3.16. The van der Waals surface area contributed by atoms with Gasteiger partial charge in [0.2, 0.25) is 5.91 Å². The molecule has 1 aromatic carbocycles. The number of carbonyl (C=O) groups excluding carboxylic acids is 1. The first-order valence-corrected chi connectivity index (χ1v) is 7.39. The predicted octanol–water partition coefficient (Wildman–Crippen LogP) is 2.22. The minimum absolute atomic E-state index is 0. The number of halogens is 3. The van der Waals surface area contributed by atoms with Crippen molar-refractivity contribution in [3.8, 4) is 0 Å². The number of nitrogens with zero attached hydrogens (tertiary/aromatic N) is 2. The van der Waals surface area contributed by atoms with Crippen LogP contribution in [-0.2, 0) is 11.8 Å². The molecule has 0 spiro atoms. The molecule has 0 bridgehead atoms. The van der Waals surface area contributed by atoms with Crippen molar-refractivity contribution >= 4 is 30.7 Å². The second kappa shape index (κ2) is 9.01. The fourth-order valence-electron chi connectivity index (χ4n) is 2.78. The second-order valence-electron chi connectivity index (χ2n) is 5.58. The minimum Gasteiger partial charge on any atom is -0.342 e. The molecule has 0 aliphatic carbocycles. The lowest BCUT2D eigenvalue weighted by molar-refractivity contribution is -0.125. The van der Waals surface area contributed by atoms with E-state index in [9.17, 15) is 9.18 Å². The van der Waals surface area contributed by atoms with E-state index < -0.39 is 6.04 Å². The molecule has 1 amide bonds. The molecule has 0 radical (unpaired) electrons. The highest BCUT2D eigenvalue weighted by atomic mass is 35.5. The molecule has 5 nitrogen and oxygen atoms in total. The Labute approximate surface area is 152 Å². The number of amides is 1. The number of hydrogen-bond donors (Lipinski definition) is 2. The van der Waals surface area contributed by atoms with Crippen LogP contribution >= 0.6 is 24.8 Å². The number of aryl methyl sites for hydroxylation is 1. The minimum atomic E-state index is -0.455. The molecule has 24 heavy (non-hydrogen) atoms. The van der Waals surface area contributed by atoms with E-state index in [1.54, 1.807) is 18.3 Å². The van der Waals surface area contributed by atoms with Crippen molar-refractivity contribution in [3.05, 3.63) is 53.9 Å². The van der Waals surface area contributed by atoms with Crippen LogP contribution in [0.3, 0.4) is 0 Å². The first-order chi connectivity index (χ1) is 10.6. The summed E-state index contributed by atoms with van der Waals surface area (Å²) in [4.78, 5) is 16.8. The SMILES string of the molecule is Cl.Cl.Cn1ccnc1C(NC(=O)C1CCNC1)c1cccc(F)c1. The number of hydrogen-bond acceptors (Lipinski definition) is 3. The van der Waals surface area contributed by atoms with Crippen molar-refractivity contribution in [2.45, 2.75) is 12.5 Å². The van der Waals surface area contributed by atoms with Gasteiger partial charge in [0.05, 0.1) is 5.92 Å². The highest BCUT2D eigenvalue weighted by molar-refractivity contribution is 5.85. The summed E-state index contributed by atoms with van der Waals surface area (Å²) in [5.41, 5.74) is 0.689. The molecular formula is C16H21Cl2FN4O. The lowest BCUT2D eigenvalue weighted by Crippen LogP contribution is -2.36. The summed E-state index contributed by atoms with van der Waals surface area (Å²) in [7, 11) is 1.86. The summed E-state index contributed by atoms with van der Waals surface area (Å²) >= 11 is 0. The monoisotopic (exact) mass is 374 g/mol. The lowest BCUT2D eigenvalue weighted by atomic mass is 10.0. The van der Waals surface area contributed by atoms with Gasteiger partial charge in [-0.25, -0.2) is 9.37 Å². The Hall–Kier alpha value is -1.63. The van der Waals surface area contributed by atoms with Gasteiger partial charge in [-0.05, 0) is 30.7 Å². The zero-order valence-corrected chi connectivity index (χ0v) is 14.9. The molecule has 2 heterocycles. The second-order valence-corrected chi connectivity index (χ2v) is 5.58. The number of rotatable bonds is 4. The lowest BCUT2D eigenvalue weighted by Gasteiger charge is -2.21. The van der Waals surface area contributed by atoms with Crippen LogP contribution in [0.2, 0.25) is 0 Å². The number of imidazole rings is 1. The molecule has 2 N–H and O–H groups in total. The molecule has 132 valence electrons. The third-order valence-corrected chi connectivity index (χ3v) is 4.02. The van der Waals surface area contributed by atoms with Gasteiger partial charge >= 0.3 is 0 Å². The van der Waals surface area contributed by atoms with Gasteiger partial charge < -0.3 is 15.2 Å². The fraction of sp³-hybridized carbons (Fsp3) is 0.375. The smallest absolute Gasteiger partial charge is 0.225 e. The highest BCUT2D eigenvalue weighted by Crippen LogP contribution is 2.22. The van der Waals surface area contributed by atoms with Crippen LogP contribution in [0.5, 0.6) is 0 Å². The number of nitrogens with one attached hydrogen (secondary N) is 2. The molecule has 1 aromatic heterocycles. The van der Waals surface area contributed by atoms with Crippen LogP contribution < -0.4 is 10.6 Å². The van der Waals surface area contributed by atoms with E-state index in [0.717, 1.165) is 13.0 Å². The third-order valence-electron chi connectivity index (χ3n) is 4.02. The maximum absolute atomic E-state index is 13.6. The van der Waals surface area contributed by atoms with Gasteiger partial charge in [0.15, 0.2) is 0 Å². The molecule has 2 aromatic rings. The molecule has 2 unspecified atom stereocenters. The third kappa shape index (κ3) is 4.47. The van der Waals surface area contributed by atoms with Gasteiger partial charge in [-0.15, -0.1) is 24.8 Å². The highest BCUT2D eigenvalue weighted by Gasteiger charge is 2.27. The van der Waals surface area contributed by atoms with Crippen LogP contribution in [0.15, 0.2) is 36.7 Å². The first kappa shape index (κ1) is 20.4. The van der Waals surface area contributed by atoms with Crippen LogP contribution in [0, 0.1) is 11.7 Å². The average molecular weight is 375 g/mol. The van der Waals surface area contributed by atoms with Crippen LogP contribution in [-0.4, -0.2) is 28.5 Å². The largest absolute Gasteiger partial charge is 0.342 e. The van der Waals surface area contributed by atoms with Crippen molar-refractivity contribution in [1.82, 2.24) is 20.2 Å². The molecule has 3 rings (SSSR count). The standard InChI is InChI=1S/C16H19FN4O.2ClH/c1-21-8-7-19-15(21)14(11-3-2-4-13(17)9-11)20-16(22)12-5-6-18-10-12;;/h2-4,7-9,12,14,18H,5-6,10H2,1H3,(H,20,22);2*1H. The van der Waals surface area contributed by atoms with Crippen LogP contribution in [0.25, 0.3) is 0 Å². The Bertz CT molecular complexity index is 674. The number of carbonyl (C=O) groups is 1. The summed E-state index contributed by atoms with van der Waals surface area (Å²) in [6, 6.07) is 5.82. The van der Waals surface area contributed by atoms with E-state index in [1.165, 1.54) is 12.1 Å². The van der Waals surface area contributed by atoms with Gasteiger partial charge in [-0.1, -0.05) is 12.1 Å². The predicted molar refractivity (Wildman–Crippen MR) is 95.1 cm³/mol. The molecular weight excluding hydrogens is 354 g/mol. The van der Waals surface area contributed by atoms with Gasteiger partial charge in [-0.2, -0.15) is 0 Å². The normalized spacial score (nSPS) is 17.5. The summed E-state index contributed by atoms with van der Waals surface area (Å²) < 4.78 is 15.4. The van der Waals surface area contributed by atoms with E-state index >= 15 is 0 Å². The maximum Gasteiger partial charge on any atom is 0.225 e. The molecule has 2 atom stereocenters. The van der Waals surface area contributed by atoms with Gasteiger partial charge in [-0.3, -0.25) is 4.79 Å². The quantitative estimate of drug-likeness (QED) is 0.862. The maximum atomic E-state index is 13.6. The molecule has 1 aliphatic rings. The summed E-state index contributed by atoms with van der Waals surface area (Å²) in [6.45, 7) is 1.54. The van der Waals surface area contributed by atoms with Crippen molar-refractivity contribution in [3.63, 3.8) is 0 Å². The zero-order chi connectivity index (χ0) is 15.5. The Morgan fingerprint density at radius 2 is 2.25 bits per heavy atom. The van der Waals surface area contributed by atoms with Crippen molar-refractivity contribution < 1.29 is 9.18 Å². The summed E-state index contributed by atoms with van der Waals surface area (Å²) in [5, 5.41) is 6.20. The topological polar surface area (TPSA) is 59.0 Å². The van der Waals surface area contributed by atoms with Crippen LogP contribution in [0.1, 0.15) is 23.9 Å². The van der Waals surface area contributed by atoms with Gasteiger partial charge in [0, 0.05) is 26.0 Å². The molecule has 1 aliphatic heterocycles. The number of benzene rings is 1. The van der Waals surface area contributed by atoms with Crippen molar-refractivity contribution in [1.29, 1.82) is 0 Å². The Kier molecular flexibility index (Phi) is 7.66. The van der Waals surface area contributed by atoms with E-state index in [0.29, 0.717) is 17.9 Å². The Morgan fingerprint density at radius 3 is 2.83 bits per heavy atom. The molecule has 1 saturated heterocycles. The summed E-state index contributed by atoms with van der Waals surface area (Å²) in [6.07, 6.45) is 4.30.